The van der Waals surface area contributed by atoms with E-state index in [9.17, 15) is 9.59 Å². The molecule has 1 atom stereocenters. The van der Waals surface area contributed by atoms with Crippen LogP contribution in [0.3, 0.4) is 0 Å². The van der Waals surface area contributed by atoms with Crippen molar-refractivity contribution in [2.45, 2.75) is 4.83 Å². The van der Waals surface area contributed by atoms with Gasteiger partial charge in [-0.15, -0.1) is 0 Å². The first kappa shape index (κ1) is 7.62. The average molecular weight is 181 g/mol. The summed E-state index contributed by atoms with van der Waals surface area (Å²) in [5.74, 6) is -0.569. The predicted octanol–water partition coefficient (Wildman–Crippen LogP) is 0.122. The summed E-state index contributed by atoms with van der Waals surface area (Å²) in [4.78, 5) is 19.2. The van der Waals surface area contributed by atoms with Gasteiger partial charge in [-0.1, -0.05) is 15.9 Å². The molecule has 3 nitrogen and oxygen atoms in total. The molecule has 1 unspecified atom stereocenters. The van der Waals surface area contributed by atoms with Crippen LogP contribution in [0.4, 0.5) is 0 Å². The molecular formula is C4H5BrO3. The molecule has 46 valence electrons. The molecule has 0 N–H and O–H groups in total. The van der Waals surface area contributed by atoms with Crippen LogP contribution in [0.5, 0.6) is 0 Å². The Labute approximate surface area is 55.1 Å². The highest BCUT2D eigenvalue weighted by Crippen LogP contribution is 1.95. The van der Waals surface area contributed by atoms with Crippen molar-refractivity contribution in [3.05, 3.63) is 0 Å². The van der Waals surface area contributed by atoms with Crippen molar-refractivity contribution in [2.75, 3.05) is 7.11 Å². The van der Waals surface area contributed by atoms with E-state index in [0.717, 1.165) is 0 Å². The fourth-order valence-electron chi connectivity index (χ4n) is 0.168. The first-order valence-electron chi connectivity index (χ1n) is 1.89. The second-order valence-electron chi connectivity index (χ2n) is 1.06. The molecule has 8 heavy (non-hydrogen) atoms. The molecule has 4 heteroatoms. The zero-order valence-electron chi connectivity index (χ0n) is 4.26. The minimum Gasteiger partial charge on any atom is -0.468 e. The van der Waals surface area contributed by atoms with Crippen LogP contribution in [0.1, 0.15) is 0 Å². The fraction of sp³-hybridized carbons (Fsp3) is 0.500. The van der Waals surface area contributed by atoms with E-state index >= 15 is 0 Å². The lowest BCUT2D eigenvalue weighted by atomic mass is 10.5. The number of ether oxygens (including phenoxy) is 1. The number of alkyl halides is 1. The Morgan fingerprint density at radius 3 is 2.50 bits per heavy atom. The van der Waals surface area contributed by atoms with Gasteiger partial charge in [0.2, 0.25) is 0 Å². The molecule has 0 radical (unpaired) electrons. The summed E-state index contributed by atoms with van der Waals surface area (Å²) in [7, 11) is 1.22. The quantitative estimate of drug-likeness (QED) is 0.263. The second-order valence-corrected chi connectivity index (χ2v) is 2.05. The number of carbonyl (C=O) groups is 2. The van der Waals surface area contributed by atoms with E-state index in [0.29, 0.717) is 6.29 Å². The number of hydrogen-bond acceptors (Lipinski definition) is 3. The molecule has 0 fully saturated rings. The molecule has 0 spiro atoms. The molecule has 0 rings (SSSR count). The van der Waals surface area contributed by atoms with Gasteiger partial charge in [-0.2, -0.15) is 0 Å². The van der Waals surface area contributed by atoms with Crippen molar-refractivity contribution in [3.63, 3.8) is 0 Å². The molecule has 0 aromatic rings. The number of carbonyl (C=O) groups excluding carboxylic acids is 2. The molecule has 0 aliphatic rings. The smallest absolute Gasteiger partial charge is 0.326 e. The average Bonchev–Trinajstić information content (AvgIpc) is 1.84. The maximum absolute atomic E-state index is 10.2. The number of hydrogen-bond donors (Lipinski definition) is 0. The van der Waals surface area contributed by atoms with Crippen LogP contribution in [0.15, 0.2) is 0 Å². The van der Waals surface area contributed by atoms with Crippen LogP contribution >= 0.6 is 15.9 Å². The Kier molecular flexibility index (Phi) is 3.43. The summed E-state index contributed by atoms with van der Waals surface area (Å²) in [6, 6.07) is 0. The van der Waals surface area contributed by atoms with E-state index < -0.39 is 10.8 Å². The molecule has 0 saturated heterocycles. The minimum atomic E-state index is -0.813. The Morgan fingerprint density at radius 1 is 1.88 bits per heavy atom. The molecule has 0 saturated carbocycles. The highest BCUT2D eigenvalue weighted by atomic mass is 79.9. The maximum atomic E-state index is 10.2. The Bertz CT molecular complexity index is 101. The van der Waals surface area contributed by atoms with Crippen LogP contribution in [-0.2, 0) is 14.3 Å². The Balaban J connectivity index is 3.62. The summed E-state index contributed by atoms with van der Waals surface area (Å²) in [6.07, 6.45) is 0.464. The first-order chi connectivity index (χ1) is 3.72. The minimum absolute atomic E-state index is 0.464. The van der Waals surface area contributed by atoms with E-state index in [1.165, 1.54) is 7.11 Å². The molecule has 0 aliphatic heterocycles. The number of halogens is 1. The maximum Gasteiger partial charge on any atom is 0.326 e. The highest BCUT2D eigenvalue weighted by Gasteiger charge is 2.11. The van der Waals surface area contributed by atoms with E-state index in [1.807, 2.05) is 0 Å². The van der Waals surface area contributed by atoms with Gasteiger partial charge in [0.1, 0.15) is 6.29 Å². The van der Waals surface area contributed by atoms with E-state index in [2.05, 4.69) is 20.7 Å². The van der Waals surface area contributed by atoms with Crippen LogP contribution in [0.2, 0.25) is 0 Å². The summed E-state index contributed by atoms with van der Waals surface area (Å²) in [5, 5.41) is 0. The highest BCUT2D eigenvalue weighted by molar-refractivity contribution is 9.10. The van der Waals surface area contributed by atoms with Gasteiger partial charge in [-0.05, 0) is 0 Å². The number of aldehydes is 1. The third-order valence-electron chi connectivity index (χ3n) is 0.546. The number of rotatable bonds is 2. The lowest BCUT2D eigenvalue weighted by molar-refractivity contribution is -0.140. The predicted molar refractivity (Wildman–Crippen MR) is 30.8 cm³/mol. The third kappa shape index (κ3) is 2.07. The van der Waals surface area contributed by atoms with Crippen molar-refractivity contribution in [3.8, 4) is 0 Å². The van der Waals surface area contributed by atoms with Crippen molar-refractivity contribution in [1.82, 2.24) is 0 Å². The van der Waals surface area contributed by atoms with Gasteiger partial charge in [0.15, 0.2) is 4.83 Å². The zero-order valence-corrected chi connectivity index (χ0v) is 5.84. The van der Waals surface area contributed by atoms with Crippen LogP contribution < -0.4 is 0 Å². The monoisotopic (exact) mass is 180 g/mol. The zero-order chi connectivity index (χ0) is 6.57. The standard InChI is InChI=1S/C4H5BrO3/c1-8-4(7)3(5)2-6/h2-3H,1H3. The second kappa shape index (κ2) is 3.60. The number of methoxy groups -OCH3 is 1. The third-order valence-corrected chi connectivity index (χ3v) is 1.14. The summed E-state index contributed by atoms with van der Waals surface area (Å²) in [6.45, 7) is 0. The normalized spacial score (nSPS) is 12.2. The van der Waals surface area contributed by atoms with Gasteiger partial charge in [0, 0.05) is 0 Å². The SMILES string of the molecule is COC(=O)C(Br)C=O. The van der Waals surface area contributed by atoms with E-state index in [-0.39, 0.29) is 0 Å². The lowest BCUT2D eigenvalue weighted by Crippen LogP contribution is -2.16. The Hall–Kier alpha value is -0.380. The van der Waals surface area contributed by atoms with Gasteiger partial charge in [0.05, 0.1) is 7.11 Å². The van der Waals surface area contributed by atoms with Crippen LogP contribution in [0.25, 0.3) is 0 Å². The summed E-state index contributed by atoms with van der Waals surface area (Å²) >= 11 is 2.76. The van der Waals surface area contributed by atoms with Crippen molar-refractivity contribution in [2.24, 2.45) is 0 Å². The molecule has 0 aliphatic carbocycles. The van der Waals surface area contributed by atoms with Gasteiger partial charge < -0.3 is 9.53 Å². The fourth-order valence-corrected chi connectivity index (χ4v) is 0.355. The van der Waals surface area contributed by atoms with Crippen molar-refractivity contribution < 1.29 is 14.3 Å². The van der Waals surface area contributed by atoms with Gasteiger partial charge in [-0.3, -0.25) is 4.79 Å². The van der Waals surface area contributed by atoms with Crippen molar-refractivity contribution >= 4 is 28.2 Å². The molecule has 0 aromatic heterocycles. The molecule has 0 bridgehead atoms. The molecule has 0 amide bonds. The van der Waals surface area contributed by atoms with Crippen LogP contribution in [0, 0.1) is 0 Å². The summed E-state index contributed by atoms with van der Waals surface area (Å²) < 4.78 is 4.19. The molecule has 0 heterocycles. The van der Waals surface area contributed by atoms with E-state index in [4.69, 9.17) is 0 Å². The molecular weight excluding hydrogens is 176 g/mol. The van der Waals surface area contributed by atoms with Gasteiger partial charge in [-0.25, -0.2) is 0 Å². The van der Waals surface area contributed by atoms with Gasteiger partial charge >= 0.3 is 5.97 Å². The van der Waals surface area contributed by atoms with E-state index in [1.54, 1.807) is 0 Å². The summed E-state index contributed by atoms with van der Waals surface area (Å²) in [5.41, 5.74) is 0. The topological polar surface area (TPSA) is 43.4 Å². The van der Waals surface area contributed by atoms with Gasteiger partial charge in [0.25, 0.3) is 0 Å². The van der Waals surface area contributed by atoms with Crippen molar-refractivity contribution in [1.29, 1.82) is 0 Å². The number of esters is 1. The Morgan fingerprint density at radius 2 is 2.38 bits per heavy atom. The molecule has 0 aromatic carbocycles. The van der Waals surface area contributed by atoms with Crippen LogP contribution in [-0.4, -0.2) is 24.2 Å². The largest absolute Gasteiger partial charge is 0.468 e. The first-order valence-corrected chi connectivity index (χ1v) is 2.81. The lowest BCUT2D eigenvalue weighted by Gasteiger charge is -1.95.